The van der Waals surface area contributed by atoms with Crippen LogP contribution in [0.15, 0.2) is 41.1 Å². The van der Waals surface area contributed by atoms with Crippen LogP contribution >= 0.6 is 0 Å². The van der Waals surface area contributed by atoms with Crippen LogP contribution in [0.2, 0.25) is 0 Å². The van der Waals surface area contributed by atoms with E-state index in [0.717, 1.165) is 37.8 Å². The Kier molecular flexibility index (Phi) is 4.66. The van der Waals surface area contributed by atoms with Crippen molar-refractivity contribution in [2.24, 2.45) is 5.73 Å². The Labute approximate surface area is 171 Å². The number of ether oxygens (including phenoxy) is 1. The monoisotopic (exact) mass is 409 g/mol. The van der Waals surface area contributed by atoms with Gasteiger partial charge in [-0.15, -0.1) is 0 Å². The Balaban J connectivity index is 1.15. The van der Waals surface area contributed by atoms with E-state index in [4.69, 9.17) is 15.0 Å². The Morgan fingerprint density at radius 2 is 2.10 bits per heavy atom. The normalized spacial score (nSPS) is 17.0. The standard InChI is InChI=1S/C21H20FN5O3/c22-17-7-13(20(23)28)3-5-16(17)18-6-4-14(8-24-18)29-15-9-27(10-15)11-19-25-21(26-30-19)12-1-2-12/h3-8,12,15H,1-2,9-11H2,(H2,23,28). The van der Waals surface area contributed by atoms with Gasteiger partial charge in [0.15, 0.2) is 5.82 Å². The molecule has 0 unspecified atom stereocenters. The van der Waals surface area contributed by atoms with Gasteiger partial charge in [0, 0.05) is 30.1 Å². The first-order valence-corrected chi connectivity index (χ1v) is 9.82. The van der Waals surface area contributed by atoms with Gasteiger partial charge in [0.2, 0.25) is 11.8 Å². The maximum Gasteiger partial charge on any atom is 0.248 e. The third kappa shape index (κ3) is 3.88. The van der Waals surface area contributed by atoms with Crippen LogP contribution in [-0.2, 0) is 6.54 Å². The minimum absolute atomic E-state index is 0.0510. The van der Waals surface area contributed by atoms with Crippen LogP contribution in [0, 0.1) is 5.82 Å². The number of primary amides is 1. The van der Waals surface area contributed by atoms with E-state index in [9.17, 15) is 9.18 Å². The SMILES string of the molecule is NC(=O)c1ccc(-c2ccc(OC3CN(Cc4nc(C5CC5)no4)C3)cn2)c(F)c1. The van der Waals surface area contributed by atoms with Crippen LogP contribution in [-0.4, -0.2) is 45.1 Å². The fourth-order valence-corrected chi connectivity index (χ4v) is 3.43. The largest absolute Gasteiger partial charge is 0.486 e. The summed E-state index contributed by atoms with van der Waals surface area (Å²) < 4.78 is 25.5. The molecule has 1 saturated carbocycles. The van der Waals surface area contributed by atoms with Gasteiger partial charge in [-0.3, -0.25) is 14.7 Å². The number of carbonyl (C=O) groups excluding carboxylic acids is 1. The van der Waals surface area contributed by atoms with E-state index in [1.165, 1.54) is 12.1 Å². The molecule has 9 heteroatoms. The zero-order valence-corrected chi connectivity index (χ0v) is 16.1. The molecule has 154 valence electrons. The molecule has 1 aromatic carbocycles. The maximum absolute atomic E-state index is 14.2. The zero-order chi connectivity index (χ0) is 20.7. The number of hydrogen-bond acceptors (Lipinski definition) is 7. The van der Waals surface area contributed by atoms with Crippen LogP contribution < -0.4 is 10.5 Å². The number of pyridine rings is 1. The summed E-state index contributed by atoms with van der Waals surface area (Å²) in [6.07, 6.45) is 3.92. The van der Waals surface area contributed by atoms with E-state index < -0.39 is 11.7 Å². The minimum Gasteiger partial charge on any atom is -0.486 e. The first kappa shape index (κ1) is 18.7. The number of carbonyl (C=O) groups is 1. The third-order valence-corrected chi connectivity index (χ3v) is 5.28. The molecule has 8 nitrogen and oxygen atoms in total. The van der Waals surface area contributed by atoms with Crippen LogP contribution in [0.3, 0.4) is 0 Å². The van der Waals surface area contributed by atoms with E-state index in [1.54, 1.807) is 18.3 Å². The molecule has 2 fully saturated rings. The lowest BCUT2D eigenvalue weighted by Gasteiger charge is -2.37. The molecule has 0 atom stereocenters. The Morgan fingerprint density at radius 1 is 1.27 bits per heavy atom. The van der Waals surface area contributed by atoms with Gasteiger partial charge in [0.25, 0.3) is 0 Å². The fraction of sp³-hybridized carbons (Fsp3) is 0.333. The quantitative estimate of drug-likeness (QED) is 0.639. The van der Waals surface area contributed by atoms with Crippen LogP contribution in [0.1, 0.15) is 40.8 Å². The molecule has 0 radical (unpaired) electrons. The minimum atomic E-state index is -0.672. The molecule has 1 aliphatic heterocycles. The average molecular weight is 409 g/mol. The molecule has 2 aromatic heterocycles. The molecule has 2 aliphatic rings. The predicted octanol–water partition coefficient (Wildman–Crippen LogP) is 2.51. The molecule has 3 aromatic rings. The number of rotatable bonds is 7. The van der Waals surface area contributed by atoms with Crippen molar-refractivity contribution < 1.29 is 18.4 Å². The summed E-state index contributed by atoms with van der Waals surface area (Å²) in [5.41, 5.74) is 6.04. The van der Waals surface area contributed by atoms with Gasteiger partial charge in [0.05, 0.1) is 18.4 Å². The van der Waals surface area contributed by atoms with Gasteiger partial charge in [-0.1, -0.05) is 5.16 Å². The van der Waals surface area contributed by atoms with Gasteiger partial charge in [0.1, 0.15) is 17.7 Å². The third-order valence-electron chi connectivity index (χ3n) is 5.28. The summed E-state index contributed by atoms with van der Waals surface area (Å²) in [5, 5.41) is 4.03. The summed E-state index contributed by atoms with van der Waals surface area (Å²) >= 11 is 0. The molecule has 0 bridgehead atoms. The number of benzene rings is 1. The van der Waals surface area contributed by atoms with Crippen molar-refractivity contribution in [3.05, 3.63) is 59.6 Å². The lowest BCUT2D eigenvalue weighted by atomic mass is 10.1. The second-order valence-corrected chi connectivity index (χ2v) is 7.69. The number of likely N-dealkylation sites (tertiary alicyclic amines) is 1. The Hall–Kier alpha value is -3.33. The highest BCUT2D eigenvalue weighted by Gasteiger charge is 2.32. The summed E-state index contributed by atoms with van der Waals surface area (Å²) in [7, 11) is 0. The average Bonchev–Trinajstić information content (AvgIpc) is 3.46. The zero-order valence-electron chi connectivity index (χ0n) is 16.1. The molecule has 30 heavy (non-hydrogen) atoms. The van der Waals surface area contributed by atoms with Crippen molar-refractivity contribution in [3.63, 3.8) is 0 Å². The van der Waals surface area contributed by atoms with Crippen molar-refractivity contribution in [1.29, 1.82) is 0 Å². The van der Waals surface area contributed by atoms with Crippen molar-refractivity contribution >= 4 is 5.91 Å². The highest BCUT2D eigenvalue weighted by Crippen LogP contribution is 2.38. The van der Waals surface area contributed by atoms with Gasteiger partial charge >= 0.3 is 0 Å². The molecule has 1 saturated heterocycles. The van der Waals surface area contributed by atoms with E-state index in [1.807, 2.05) is 0 Å². The summed E-state index contributed by atoms with van der Waals surface area (Å²) in [5.74, 6) is 1.35. The van der Waals surface area contributed by atoms with Crippen molar-refractivity contribution in [1.82, 2.24) is 20.0 Å². The number of nitrogens with zero attached hydrogens (tertiary/aromatic N) is 4. The Bertz CT molecular complexity index is 1070. The summed E-state index contributed by atoms with van der Waals surface area (Å²) in [6.45, 7) is 2.13. The van der Waals surface area contributed by atoms with Crippen molar-refractivity contribution in [2.75, 3.05) is 13.1 Å². The molecule has 0 spiro atoms. The molecule has 5 rings (SSSR count). The summed E-state index contributed by atoms with van der Waals surface area (Å²) in [4.78, 5) is 22.0. The fourth-order valence-electron chi connectivity index (χ4n) is 3.43. The van der Waals surface area contributed by atoms with Crippen molar-refractivity contribution in [2.45, 2.75) is 31.4 Å². The van der Waals surface area contributed by atoms with Crippen LogP contribution in [0.4, 0.5) is 4.39 Å². The molecule has 1 aliphatic carbocycles. The first-order chi connectivity index (χ1) is 14.5. The van der Waals surface area contributed by atoms with E-state index in [-0.39, 0.29) is 11.7 Å². The Morgan fingerprint density at radius 3 is 2.77 bits per heavy atom. The highest BCUT2D eigenvalue weighted by molar-refractivity contribution is 5.93. The van der Waals surface area contributed by atoms with E-state index in [2.05, 4.69) is 20.0 Å². The van der Waals surface area contributed by atoms with Crippen molar-refractivity contribution in [3.8, 4) is 17.0 Å². The summed E-state index contributed by atoms with van der Waals surface area (Å²) in [6, 6.07) is 7.53. The number of halogens is 1. The highest BCUT2D eigenvalue weighted by atomic mass is 19.1. The lowest BCUT2D eigenvalue weighted by molar-refractivity contribution is 0.00844. The van der Waals surface area contributed by atoms with Crippen LogP contribution in [0.5, 0.6) is 5.75 Å². The second kappa shape index (κ2) is 7.49. The van der Waals surface area contributed by atoms with Gasteiger partial charge in [-0.05, 0) is 43.2 Å². The number of nitrogens with two attached hydrogens (primary N) is 1. The van der Waals surface area contributed by atoms with Gasteiger partial charge < -0.3 is 15.0 Å². The smallest absolute Gasteiger partial charge is 0.248 e. The van der Waals surface area contributed by atoms with E-state index >= 15 is 0 Å². The lowest BCUT2D eigenvalue weighted by Crippen LogP contribution is -2.53. The maximum atomic E-state index is 14.2. The number of hydrogen-bond donors (Lipinski definition) is 1. The molecule has 3 heterocycles. The predicted molar refractivity (Wildman–Crippen MR) is 104 cm³/mol. The molecular weight excluding hydrogens is 389 g/mol. The van der Waals surface area contributed by atoms with Gasteiger partial charge in [-0.2, -0.15) is 4.98 Å². The van der Waals surface area contributed by atoms with Gasteiger partial charge in [-0.25, -0.2) is 4.39 Å². The molecule has 1 amide bonds. The topological polar surface area (TPSA) is 107 Å². The van der Waals surface area contributed by atoms with Crippen LogP contribution in [0.25, 0.3) is 11.3 Å². The first-order valence-electron chi connectivity index (χ1n) is 9.82. The van der Waals surface area contributed by atoms with E-state index in [0.29, 0.717) is 35.4 Å². The number of amides is 1. The second-order valence-electron chi connectivity index (χ2n) is 7.69. The molecular formula is C21H20FN5O3. The molecule has 2 N–H and O–H groups in total. The number of aromatic nitrogens is 3.